The lowest BCUT2D eigenvalue weighted by molar-refractivity contribution is 0.0944. The molecule has 26 heavy (non-hydrogen) atoms. The van der Waals surface area contributed by atoms with Gasteiger partial charge in [0.05, 0.1) is 22.9 Å². The number of thiophene rings is 1. The van der Waals surface area contributed by atoms with Crippen LogP contribution in [0.4, 0.5) is 5.69 Å². The van der Waals surface area contributed by atoms with Gasteiger partial charge in [-0.1, -0.05) is 30.3 Å². The second-order valence-electron chi connectivity index (χ2n) is 6.17. The zero-order chi connectivity index (χ0) is 18.9. The molecule has 0 radical (unpaired) electrons. The first-order chi connectivity index (χ1) is 12.3. The molecule has 0 aliphatic heterocycles. The average molecular weight is 389 g/mol. The van der Waals surface area contributed by atoms with E-state index in [4.69, 9.17) is 0 Å². The van der Waals surface area contributed by atoms with Gasteiger partial charge in [-0.05, 0) is 42.1 Å². The average Bonchev–Trinajstić information content (AvgIpc) is 3.04. The van der Waals surface area contributed by atoms with Gasteiger partial charge in [0.15, 0.2) is 0 Å². The fourth-order valence-electron chi connectivity index (χ4n) is 2.62. The highest BCUT2D eigenvalue weighted by Crippen LogP contribution is 2.30. The zero-order valence-electron chi connectivity index (χ0n) is 14.8. The molecule has 0 aliphatic rings. The summed E-state index contributed by atoms with van der Waals surface area (Å²) in [6, 6.07) is 16.8. The molecule has 1 atom stereocenters. The number of benzene rings is 2. The maximum absolute atomic E-state index is 12.6. The lowest BCUT2D eigenvalue weighted by Crippen LogP contribution is -2.25. The quantitative estimate of drug-likeness (QED) is 0.723. The first-order valence-electron chi connectivity index (χ1n) is 8.09. The summed E-state index contributed by atoms with van der Waals surface area (Å²) in [5.41, 5.74) is 1.61. The number of rotatable bonds is 5. The number of amides is 1. The van der Waals surface area contributed by atoms with Crippen molar-refractivity contribution in [1.82, 2.24) is 5.32 Å². The summed E-state index contributed by atoms with van der Waals surface area (Å²) < 4.78 is 25.6. The number of hydrogen-bond donors (Lipinski definition) is 1. The molecule has 3 rings (SSSR count). The van der Waals surface area contributed by atoms with Gasteiger partial charge < -0.3 is 5.32 Å². The monoisotopic (exact) mass is 388 g/mol. The molecule has 3 aromatic rings. The van der Waals surface area contributed by atoms with E-state index in [1.54, 1.807) is 18.2 Å². The fraction of sp³-hybridized carbons (Fsp3) is 0.211. The van der Waals surface area contributed by atoms with Gasteiger partial charge in [0.25, 0.3) is 5.91 Å². The Labute approximate surface area is 157 Å². The number of nitrogens with one attached hydrogen (secondary N) is 1. The SMILES string of the molecule is C[C@H](NC(=O)c1cc2cc(N(C)S(C)(=O)=O)ccc2s1)c1ccccc1. The Hall–Kier alpha value is -2.38. The topological polar surface area (TPSA) is 66.5 Å². The number of hydrogen-bond acceptors (Lipinski definition) is 4. The van der Waals surface area contributed by atoms with Crippen LogP contribution in [-0.4, -0.2) is 27.6 Å². The maximum atomic E-state index is 12.6. The Kier molecular flexibility index (Phi) is 5.02. The van der Waals surface area contributed by atoms with Crippen LogP contribution in [0.15, 0.2) is 54.6 Å². The summed E-state index contributed by atoms with van der Waals surface area (Å²) in [4.78, 5) is 13.2. The minimum atomic E-state index is -3.32. The lowest BCUT2D eigenvalue weighted by atomic mass is 10.1. The molecule has 0 fully saturated rings. The predicted molar refractivity (Wildman–Crippen MR) is 107 cm³/mol. The molecule has 7 heteroatoms. The van der Waals surface area contributed by atoms with Crippen molar-refractivity contribution in [1.29, 1.82) is 0 Å². The van der Waals surface area contributed by atoms with Crippen LogP contribution in [0.25, 0.3) is 10.1 Å². The molecule has 2 aromatic carbocycles. The Balaban J connectivity index is 1.83. The van der Waals surface area contributed by atoms with E-state index in [1.165, 1.54) is 22.7 Å². The van der Waals surface area contributed by atoms with Gasteiger partial charge in [-0.2, -0.15) is 0 Å². The van der Waals surface area contributed by atoms with Crippen LogP contribution < -0.4 is 9.62 Å². The van der Waals surface area contributed by atoms with Gasteiger partial charge in [-0.3, -0.25) is 9.10 Å². The van der Waals surface area contributed by atoms with Gasteiger partial charge in [-0.15, -0.1) is 11.3 Å². The second-order valence-corrected chi connectivity index (χ2v) is 9.27. The van der Waals surface area contributed by atoms with Crippen molar-refractivity contribution in [3.63, 3.8) is 0 Å². The Morgan fingerprint density at radius 2 is 1.81 bits per heavy atom. The van der Waals surface area contributed by atoms with Crippen molar-refractivity contribution in [2.75, 3.05) is 17.6 Å². The number of sulfonamides is 1. The first-order valence-corrected chi connectivity index (χ1v) is 10.8. The standard InChI is InChI=1S/C19H20N2O3S2/c1-13(14-7-5-4-6-8-14)20-19(22)18-12-15-11-16(9-10-17(15)25-18)21(2)26(3,23)24/h4-13H,1-3H3,(H,20,22)/t13-/m0/s1. The van der Waals surface area contributed by atoms with Gasteiger partial charge in [-0.25, -0.2) is 8.42 Å². The van der Waals surface area contributed by atoms with E-state index in [1.807, 2.05) is 43.3 Å². The summed E-state index contributed by atoms with van der Waals surface area (Å²) in [6.45, 7) is 1.94. The van der Waals surface area contributed by atoms with Gasteiger partial charge in [0.1, 0.15) is 0 Å². The molecule has 1 aromatic heterocycles. The van der Waals surface area contributed by atoms with Crippen LogP contribution in [0.3, 0.4) is 0 Å². The molecule has 1 amide bonds. The minimum absolute atomic E-state index is 0.0964. The molecular weight excluding hydrogens is 368 g/mol. The zero-order valence-corrected chi connectivity index (χ0v) is 16.4. The Bertz CT molecular complexity index is 1040. The van der Waals surface area contributed by atoms with Gasteiger partial charge in [0, 0.05) is 11.7 Å². The fourth-order valence-corrected chi connectivity index (χ4v) is 4.07. The number of carbonyl (C=O) groups excluding carboxylic acids is 1. The predicted octanol–water partition coefficient (Wildman–Crippen LogP) is 3.79. The van der Waals surface area contributed by atoms with Crippen LogP contribution in [-0.2, 0) is 10.0 Å². The van der Waals surface area contributed by atoms with Crippen molar-refractivity contribution >= 4 is 43.0 Å². The molecule has 0 saturated heterocycles. The second kappa shape index (κ2) is 7.09. The smallest absolute Gasteiger partial charge is 0.261 e. The summed E-state index contributed by atoms with van der Waals surface area (Å²) in [5.74, 6) is -0.138. The van der Waals surface area contributed by atoms with E-state index in [9.17, 15) is 13.2 Å². The van der Waals surface area contributed by atoms with Crippen molar-refractivity contribution in [2.24, 2.45) is 0 Å². The molecule has 0 unspecified atom stereocenters. The number of fused-ring (bicyclic) bond motifs is 1. The normalized spacial score (nSPS) is 12.7. The van der Waals surface area contributed by atoms with E-state index in [2.05, 4.69) is 5.32 Å². The molecule has 0 saturated carbocycles. The summed E-state index contributed by atoms with van der Waals surface area (Å²) in [7, 11) is -1.81. The van der Waals surface area contributed by atoms with E-state index >= 15 is 0 Å². The molecule has 1 heterocycles. The van der Waals surface area contributed by atoms with Crippen LogP contribution in [0.1, 0.15) is 28.2 Å². The van der Waals surface area contributed by atoms with Crippen LogP contribution in [0.2, 0.25) is 0 Å². The number of nitrogens with zero attached hydrogens (tertiary/aromatic N) is 1. The van der Waals surface area contributed by atoms with E-state index in [-0.39, 0.29) is 11.9 Å². The lowest BCUT2D eigenvalue weighted by Gasteiger charge is -2.16. The third-order valence-electron chi connectivity index (χ3n) is 4.23. The Morgan fingerprint density at radius 1 is 1.12 bits per heavy atom. The third-order valence-corrected chi connectivity index (χ3v) is 6.55. The molecular formula is C19H20N2O3S2. The van der Waals surface area contributed by atoms with Gasteiger partial charge in [0.2, 0.25) is 10.0 Å². The van der Waals surface area contributed by atoms with E-state index in [0.717, 1.165) is 21.9 Å². The maximum Gasteiger partial charge on any atom is 0.261 e. The van der Waals surface area contributed by atoms with Crippen molar-refractivity contribution in [3.8, 4) is 0 Å². The molecule has 0 spiro atoms. The highest BCUT2D eigenvalue weighted by molar-refractivity contribution is 7.92. The molecule has 1 N–H and O–H groups in total. The first kappa shape index (κ1) is 18.4. The molecule has 0 bridgehead atoms. The highest BCUT2D eigenvalue weighted by atomic mass is 32.2. The van der Waals surface area contributed by atoms with Crippen LogP contribution >= 0.6 is 11.3 Å². The van der Waals surface area contributed by atoms with Gasteiger partial charge >= 0.3 is 0 Å². The Morgan fingerprint density at radius 3 is 2.46 bits per heavy atom. The number of anilines is 1. The van der Waals surface area contributed by atoms with E-state index < -0.39 is 10.0 Å². The largest absolute Gasteiger partial charge is 0.345 e. The van der Waals surface area contributed by atoms with E-state index in [0.29, 0.717) is 10.6 Å². The summed E-state index contributed by atoms with van der Waals surface area (Å²) in [5, 5.41) is 3.85. The summed E-state index contributed by atoms with van der Waals surface area (Å²) >= 11 is 1.39. The summed E-state index contributed by atoms with van der Waals surface area (Å²) in [6.07, 6.45) is 1.16. The van der Waals surface area contributed by atoms with Crippen molar-refractivity contribution in [2.45, 2.75) is 13.0 Å². The molecule has 5 nitrogen and oxygen atoms in total. The van der Waals surface area contributed by atoms with Crippen molar-refractivity contribution < 1.29 is 13.2 Å². The molecule has 0 aliphatic carbocycles. The van der Waals surface area contributed by atoms with Crippen LogP contribution in [0, 0.1) is 0 Å². The molecule has 136 valence electrons. The number of carbonyl (C=O) groups is 1. The highest BCUT2D eigenvalue weighted by Gasteiger charge is 2.16. The third kappa shape index (κ3) is 3.89. The minimum Gasteiger partial charge on any atom is -0.345 e. The van der Waals surface area contributed by atoms with Crippen LogP contribution in [0.5, 0.6) is 0 Å². The van der Waals surface area contributed by atoms with Crippen molar-refractivity contribution in [3.05, 3.63) is 65.0 Å².